The summed E-state index contributed by atoms with van der Waals surface area (Å²) in [7, 11) is 3.64. The quantitative estimate of drug-likeness (QED) is 0.762. The average molecular weight is 195 g/mol. The molecule has 0 fully saturated rings. The molecule has 78 valence electrons. The molecular weight excluding hydrogens is 178 g/mol. The van der Waals surface area contributed by atoms with E-state index in [4.69, 9.17) is 0 Å². The van der Waals surface area contributed by atoms with Gasteiger partial charge in [0.1, 0.15) is 0 Å². The highest BCUT2D eigenvalue weighted by Gasteiger charge is 2.24. The van der Waals surface area contributed by atoms with Crippen LogP contribution in [0.5, 0.6) is 0 Å². The molecular formula is C10H17N3O. The molecule has 0 aliphatic rings. The van der Waals surface area contributed by atoms with Crippen molar-refractivity contribution in [2.75, 3.05) is 7.05 Å². The second kappa shape index (κ2) is 3.92. The highest BCUT2D eigenvalue weighted by atomic mass is 16.1. The van der Waals surface area contributed by atoms with Gasteiger partial charge in [-0.25, -0.2) is 0 Å². The number of hydrogen-bond donors (Lipinski definition) is 1. The first-order valence-electron chi connectivity index (χ1n) is 4.65. The Bertz CT molecular complexity index is 328. The summed E-state index contributed by atoms with van der Waals surface area (Å²) in [6.07, 6.45) is 4.02. The van der Waals surface area contributed by atoms with Crippen LogP contribution in [-0.4, -0.2) is 28.2 Å². The zero-order valence-electron chi connectivity index (χ0n) is 9.16. The molecule has 0 saturated heterocycles. The van der Waals surface area contributed by atoms with E-state index < -0.39 is 5.54 Å². The average Bonchev–Trinajstić information content (AvgIpc) is 2.51. The fraction of sp³-hybridized carbons (Fsp3) is 0.600. The molecule has 0 aliphatic heterocycles. The molecule has 4 nitrogen and oxygen atoms in total. The first-order chi connectivity index (χ1) is 6.45. The third-order valence-electron chi connectivity index (χ3n) is 2.45. The number of rotatable bonds is 4. The van der Waals surface area contributed by atoms with Crippen molar-refractivity contribution >= 4 is 5.78 Å². The van der Waals surface area contributed by atoms with Crippen molar-refractivity contribution in [1.29, 1.82) is 0 Å². The largest absolute Gasteiger partial charge is 0.308 e. The Morgan fingerprint density at radius 3 is 2.71 bits per heavy atom. The van der Waals surface area contributed by atoms with E-state index in [1.807, 2.05) is 27.1 Å². The summed E-state index contributed by atoms with van der Waals surface area (Å²) in [5, 5.41) is 7.01. The number of carbonyl (C=O) groups excluding carboxylic acids is 1. The number of nitrogens with one attached hydrogen (secondary N) is 1. The summed E-state index contributed by atoms with van der Waals surface area (Å²) in [4.78, 5) is 11.8. The lowest BCUT2D eigenvalue weighted by Gasteiger charge is -2.21. The van der Waals surface area contributed by atoms with Crippen LogP contribution in [-0.2, 0) is 18.3 Å². The minimum Gasteiger partial charge on any atom is -0.308 e. The van der Waals surface area contributed by atoms with Crippen molar-refractivity contribution in [3.8, 4) is 0 Å². The highest BCUT2D eigenvalue weighted by molar-refractivity contribution is 5.89. The van der Waals surface area contributed by atoms with Gasteiger partial charge in [0, 0.05) is 19.7 Å². The van der Waals surface area contributed by atoms with E-state index in [9.17, 15) is 4.79 Å². The van der Waals surface area contributed by atoms with Gasteiger partial charge in [0.25, 0.3) is 0 Å². The van der Waals surface area contributed by atoms with Gasteiger partial charge in [-0.2, -0.15) is 5.10 Å². The molecule has 0 aromatic carbocycles. The van der Waals surface area contributed by atoms with Gasteiger partial charge in [-0.1, -0.05) is 0 Å². The number of likely N-dealkylation sites (N-methyl/N-ethyl adjacent to an activating group) is 1. The molecule has 0 radical (unpaired) electrons. The molecule has 0 saturated carbocycles. The van der Waals surface area contributed by atoms with Gasteiger partial charge < -0.3 is 5.32 Å². The number of ketones is 1. The van der Waals surface area contributed by atoms with E-state index in [2.05, 4.69) is 10.4 Å². The standard InChI is InChI=1S/C10H17N3O/c1-10(2,11-3)9(14)5-8-6-12-13(4)7-8/h6-7,11H,5H2,1-4H3. The molecule has 0 spiro atoms. The van der Waals surface area contributed by atoms with E-state index in [1.165, 1.54) is 0 Å². The van der Waals surface area contributed by atoms with Gasteiger partial charge in [0.15, 0.2) is 5.78 Å². The van der Waals surface area contributed by atoms with Crippen LogP contribution in [0.15, 0.2) is 12.4 Å². The Labute approximate surface area is 84.3 Å². The van der Waals surface area contributed by atoms with E-state index in [0.29, 0.717) is 6.42 Å². The molecule has 1 aromatic heterocycles. The van der Waals surface area contributed by atoms with E-state index in [0.717, 1.165) is 5.56 Å². The predicted molar refractivity (Wildman–Crippen MR) is 55.1 cm³/mol. The third-order valence-corrected chi connectivity index (χ3v) is 2.45. The summed E-state index contributed by atoms with van der Waals surface area (Å²) in [6.45, 7) is 3.76. The number of aromatic nitrogens is 2. The molecule has 4 heteroatoms. The predicted octanol–water partition coefficient (Wildman–Crippen LogP) is 0.530. The highest BCUT2D eigenvalue weighted by Crippen LogP contribution is 2.08. The maximum Gasteiger partial charge on any atom is 0.156 e. The van der Waals surface area contributed by atoms with Crippen molar-refractivity contribution in [3.63, 3.8) is 0 Å². The number of Topliss-reactive ketones (excluding diaryl/α,β-unsaturated/α-hetero) is 1. The third kappa shape index (κ3) is 2.42. The summed E-state index contributed by atoms with van der Waals surface area (Å²) >= 11 is 0. The topological polar surface area (TPSA) is 46.9 Å². The van der Waals surface area contributed by atoms with Gasteiger partial charge in [-0.05, 0) is 26.5 Å². The Hall–Kier alpha value is -1.16. The van der Waals surface area contributed by atoms with Gasteiger partial charge in [-0.3, -0.25) is 9.48 Å². The first-order valence-corrected chi connectivity index (χ1v) is 4.65. The van der Waals surface area contributed by atoms with E-state index in [-0.39, 0.29) is 5.78 Å². The molecule has 1 N–H and O–H groups in total. The van der Waals surface area contributed by atoms with E-state index in [1.54, 1.807) is 17.9 Å². The van der Waals surface area contributed by atoms with Crippen molar-refractivity contribution in [3.05, 3.63) is 18.0 Å². The summed E-state index contributed by atoms with van der Waals surface area (Å²) in [6, 6.07) is 0. The Kier molecular flexibility index (Phi) is 3.06. The summed E-state index contributed by atoms with van der Waals surface area (Å²) in [5.41, 5.74) is 0.497. The van der Waals surface area contributed by atoms with Crippen molar-refractivity contribution in [1.82, 2.24) is 15.1 Å². The van der Waals surface area contributed by atoms with Gasteiger partial charge in [0.05, 0.1) is 11.7 Å². The normalized spacial score (nSPS) is 11.7. The van der Waals surface area contributed by atoms with Crippen molar-refractivity contribution in [2.24, 2.45) is 7.05 Å². The fourth-order valence-electron chi connectivity index (χ4n) is 1.11. The maximum absolute atomic E-state index is 11.8. The lowest BCUT2D eigenvalue weighted by atomic mass is 9.95. The molecule has 1 heterocycles. The molecule has 0 bridgehead atoms. The number of carbonyl (C=O) groups is 1. The van der Waals surface area contributed by atoms with Crippen LogP contribution in [0.25, 0.3) is 0 Å². The first kappa shape index (κ1) is 10.9. The van der Waals surface area contributed by atoms with Crippen LogP contribution in [0, 0.1) is 0 Å². The molecule has 1 aromatic rings. The molecule has 0 unspecified atom stereocenters. The zero-order valence-corrected chi connectivity index (χ0v) is 9.16. The Morgan fingerprint density at radius 1 is 1.64 bits per heavy atom. The minimum atomic E-state index is -0.462. The van der Waals surface area contributed by atoms with Crippen LogP contribution in [0.3, 0.4) is 0 Å². The van der Waals surface area contributed by atoms with Crippen LogP contribution in [0.1, 0.15) is 19.4 Å². The summed E-state index contributed by atoms with van der Waals surface area (Å²) < 4.78 is 1.70. The van der Waals surface area contributed by atoms with Crippen LogP contribution < -0.4 is 5.32 Å². The van der Waals surface area contributed by atoms with Crippen LogP contribution >= 0.6 is 0 Å². The van der Waals surface area contributed by atoms with Gasteiger partial charge in [0.2, 0.25) is 0 Å². The van der Waals surface area contributed by atoms with Crippen molar-refractivity contribution < 1.29 is 4.79 Å². The monoisotopic (exact) mass is 195 g/mol. The number of nitrogens with zero attached hydrogens (tertiary/aromatic N) is 2. The van der Waals surface area contributed by atoms with Gasteiger partial charge in [-0.15, -0.1) is 0 Å². The summed E-state index contributed by atoms with van der Waals surface area (Å²) in [5.74, 6) is 0.174. The van der Waals surface area contributed by atoms with Crippen LogP contribution in [0.4, 0.5) is 0 Å². The molecule has 0 amide bonds. The Morgan fingerprint density at radius 2 is 2.29 bits per heavy atom. The van der Waals surface area contributed by atoms with E-state index >= 15 is 0 Å². The fourth-order valence-corrected chi connectivity index (χ4v) is 1.11. The minimum absolute atomic E-state index is 0.174. The number of hydrogen-bond acceptors (Lipinski definition) is 3. The van der Waals surface area contributed by atoms with Crippen LogP contribution in [0.2, 0.25) is 0 Å². The smallest absolute Gasteiger partial charge is 0.156 e. The second-order valence-electron chi connectivity index (χ2n) is 4.00. The molecule has 0 aliphatic carbocycles. The second-order valence-corrected chi connectivity index (χ2v) is 4.00. The maximum atomic E-state index is 11.8. The molecule has 1 rings (SSSR count). The van der Waals surface area contributed by atoms with Crippen molar-refractivity contribution in [2.45, 2.75) is 25.8 Å². The zero-order chi connectivity index (χ0) is 10.8. The lowest BCUT2D eigenvalue weighted by molar-refractivity contribution is -0.123. The lowest BCUT2D eigenvalue weighted by Crippen LogP contribution is -2.45. The SMILES string of the molecule is CNC(C)(C)C(=O)Cc1cnn(C)c1. The molecule has 0 atom stereocenters. The molecule has 14 heavy (non-hydrogen) atoms. The van der Waals surface area contributed by atoms with Gasteiger partial charge >= 0.3 is 0 Å². The number of aryl methyl sites for hydroxylation is 1. The Balaban J connectivity index is 2.66.